The molecule has 0 bridgehead atoms. The fraction of sp³-hybridized carbons (Fsp3) is 0.500. The number of hydrogen-bond donors (Lipinski definition) is 4. The lowest BCUT2D eigenvalue weighted by molar-refractivity contribution is -0.0524. The van der Waals surface area contributed by atoms with Crippen LogP contribution in [0.3, 0.4) is 0 Å². The van der Waals surface area contributed by atoms with Gasteiger partial charge in [0.05, 0.1) is 6.61 Å². The smallest absolute Gasteiger partial charge is 0.254 e. The van der Waals surface area contributed by atoms with E-state index in [4.69, 9.17) is 9.84 Å². The van der Waals surface area contributed by atoms with E-state index in [0.717, 1.165) is 4.57 Å². The van der Waals surface area contributed by atoms with Crippen LogP contribution in [0.4, 0.5) is 0 Å². The van der Waals surface area contributed by atoms with Crippen molar-refractivity contribution in [2.75, 3.05) is 6.61 Å². The molecule has 2 aromatic heterocycles. The van der Waals surface area contributed by atoms with Crippen LogP contribution in [0, 0.1) is 0 Å². The Bertz CT molecular complexity index is 653. The first-order chi connectivity index (χ1) is 9.13. The highest BCUT2D eigenvalue weighted by Crippen LogP contribution is 2.29. The van der Waals surface area contributed by atoms with Crippen LogP contribution in [0.1, 0.15) is 6.23 Å². The molecule has 9 nitrogen and oxygen atoms in total. The van der Waals surface area contributed by atoms with Gasteiger partial charge < -0.3 is 20.1 Å². The highest BCUT2D eigenvalue weighted by molar-refractivity contribution is 5.69. The molecule has 1 aliphatic rings. The Labute approximate surface area is 106 Å². The minimum absolute atomic E-state index is 0.210. The van der Waals surface area contributed by atoms with Gasteiger partial charge in [0, 0.05) is 6.07 Å². The molecule has 4 N–H and O–H groups in total. The molecule has 3 heterocycles. The third-order valence-electron chi connectivity index (χ3n) is 3.19. The van der Waals surface area contributed by atoms with Crippen LogP contribution in [-0.2, 0) is 4.74 Å². The molecule has 3 rings (SSSR count). The summed E-state index contributed by atoms with van der Waals surface area (Å²) in [4.78, 5) is 11.9. The number of rotatable bonds is 2. The fourth-order valence-electron chi connectivity index (χ4n) is 2.20. The van der Waals surface area contributed by atoms with Gasteiger partial charge in [-0.3, -0.25) is 14.5 Å². The van der Waals surface area contributed by atoms with Gasteiger partial charge in [-0.15, -0.1) is 5.10 Å². The summed E-state index contributed by atoms with van der Waals surface area (Å²) in [7, 11) is 0. The highest BCUT2D eigenvalue weighted by atomic mass is 16.6. The normalized spacial score (nSPS) is 31.1. The van der Waals surface area contributed by atoms with E-state index in [9.17, 15) is 15.0 Å². The molecule has 0 saturated carbocycles. The molecule has 9 heteroatoms. The third-order valence-corrected chi connectivity index (χ3v) is 3.19. The number of nitrogens with zero attached hydrogens (tertiary/aromatic N) is 3. The number of nitrogens with one attached hydrogen (secondary N) is 1. The number of aliphatic hydroxyl groups excluding tert-OH is 3. The molecule has 19 heavy (non-hydrogen) atoms. The summed E-state index contributed by atoms with van der Waals surface area (Å²) >= 11 is 0. The Hall–Kier alpha value is -1.81. The quantitative estimate of drug-likeness (QED) is 0.482. The van der Waals surface area contributed by atoms with Crippen LogP contribution in [-0.4, -0.2) is 60.2 Å². The zero-order chi connectivity index (χ0) is 13.6. The van der Waals surface area contributed by atoms with Crippen molar-refractivity contribution in [2.45, 2.75) is 24.5 Å². The maximum absolute atomic E-state index is 11.9. The van der Waals surface area contributed by atoms with E-state index in [0.29, 0.717) is 5.52 Å². The van der Waals surface area contributed by atoms with Crippen molar-refractivity contribution in [1.29, 1.82) is 0 Å². The molecule has 0 amide bonds. The van der Waals surface area contributed by atoms with Gasteiger partial charge in [0.1, 0.15) is 23.8 Å². The van der Waals surface area contributed by atoms with E-state index in [2.05, 4.69) is 15.4 Å². The zero-order valence-electron chi connectivity index (χ0n) is 9.67. The standard InChI is InChI=1S/C10H12N4O5/c15-3-5-7(17)8(18)10(19-5)14-6(16)2-1-4-9(14)12-13-11-4/h1-2,5,7-8,10,15,17-18H,3H2,(H,11,12,13)/t5-,7+,8?,10-/m1/s1. The molecule has 4 atom stereocenters. The lowest BCUT2D eigenvalue weighted by Crippen LogP contribution is -2.35. The van der Waals surface area contributed by atoms with E-state index in [1.165, 1.54) is 12.1 Å². The van der Waals surface area contributed by atoms with Gasteiger partial charge in [-0.1, -0.05) is 5.21 Å². The van der Waals surface area contributed by atoms with Crippen LogP contribution in [0.2, 0.25) is 0 Å². The van der Waals surface area contributed by atoms with Crippen LogP contribution in [0.15, 0.2) is 16.9 Å². The van der Waals surface area contributed by atoms with Gasteiger partial charge in [0.25, 0.3) is 5.56 Å². The second-order valence-electron chi connectivity index (χ2n) is 4.32. The Morgan fingerprint density at radius 3 is 2.84 bits per heavy atom. The van der Waals surface area contributed by atoms with Crippen molar-refractivity contribution in [3.8, 4) is 0 Å². The predicted octanol–water partition coefficient (Wildman–Crippen LogP) is -2.27. The van der Waals surface area contributed by atoms with Gasteiger partial charge in [-0.2, -0.15) is 0 Å². The molecule has 0 spiro atoms. The molecule has 102 valence electrons. The zero-order valence-corrected chi connectivity index (χ0v) is 9.67. The lowest BCUT2D eigenvalue weighted by Gasteiger charge is -2.17. The molecule has 1 fully saturated rings. The topological polar surface area (TPSA) is 133 Å². The van der Waals surface area contributed by atoms with Crippen LogP contribution < -0.4 is 5.56 Å². The summed E-state index contributed by atoms with van der Waals surface area (Å²) in [6, 6.07) is 2.78. The number of ether oxygens (including phenoxy) is 1. The van der Waals surface area contributed by atoms with Crippen molar-refractivity contribution < 1.29 is 20.1 Å². The van der Waals surface area contributed by atoms with Gasteiger partial charge >= 0.3 is 0 Å². The maximum atomic E-state index is 11.9. The Morgan fingerprint density at radius 2 is 2.16 bits per heavy atom. The molecular formula is C10H12N4O5. The number of aliphatic hydroxyl groups is 3. The SMILES string of the molecule is O=c1ccc2[nH]nnc2n1[C@@H]1O[C@H](CO)[C@H](O)C1O. The summed E-state index contributed by atoms with van der Waals surface area (Å²) in [5.41, 5.74) is 0.260. The fourth-order valence-corrected chi connectivity index (χ4v) is 2.20. The molecule has 1 saturated heterocycles. The van der Waals surface area contributed by atoms with Crippen molar-refractivity contribution in [2.24, 2.45) is 0 Å². The van der Waals surface area contributed by atoms with Crippen molar-refractivity contribution in [1.82, 2.24) is 20.0 Å². The van der Waals surface area contributed by atoms with Crippen molar-refractivity contribution in [3.63, 3.8) is 0 Å². The first-order valence-electron chi connectivity index (χ1n) is 5.68. The number of aromatic nitrogens is 4. The number of hydrogen-bond acceptors (Lipinski definition) is 7. The van der Waals surface area contributed by atoms with Crippen molar-refractivity contribution in [3.05, 3.63) is 22.5 Å². The second kappa shape index (κ2) is 4.38. The molecule has 2 aromatic rings. The van der Waals surface area contributed by atoms with E-state index in [1.54, 1.807) is 0 Å². The molecule has 0 radical (unpaired) electrons. The number of H-pyrrole nitrogens is 1. The van der Waals surface area contributed by atoms with Crippen LogP contribution >= 0.6 is 0 Å². The van der Waals surface area contributed by atoms with E-state index >= 15 is 0 Å². The number of aromatic amines is 1. The average Bonchev–Trinajstić information content (AvgIpc) is 2.97. The number of fused-ring (bicyclic) bond motifs is 1. The molecule has 1 aliphatic heterocycles. The molecule has 1 unspecified atom stereocenters. The lowest BCUT2D eigenvalue weighted by atomic mass is 10.1. The Morgan fingerprint density at radius 1 is 1.37 bits per heavy atom. The van der Waals surface area contributed by atoms with Crippen LogP contribution in [0.5, 0.6) is 0 Å². The van der Waals surface area contributed by atoms with E-state index < -0.39 is 36.7 Å². The maximum Gasteiger partial charge on any atom is 0.254 e. The average molecular weight is 268 g/mol. The summed E-state index contributed by atoms with van der Waals surface area (Å²) in [5, 5.41) is 38.6. The Balaban J connectivity index is 2.12. The summed E-state index contributed by atoms with van der Waals surface area (Å²) < 4.78 is 6.41. The summed E-state index contributed by atoms with van der Waals surface area (Å²) in [6.07, 6.45) is -4.68. The van der Waals surface area contributed by atoms with Gasteiger partial charge in [-0.25, -0.2) is 0 Å². The predicted molar refractivity (Wildman–Crippen MR) is 61.2 cm³/mol. The summed E-state index contributed by atoms with van der Waals surface area (Å²) in [6.45, 7) is -0.460. The second-order valence-corrected chi connectivity index (χ2v) is 4.32. The van der Waals surface area contributed by atoms with Gasteiger partial charge in [0.15, 0.2) is 11.9 Å². The largest absolute Gasteiger partial charge is 0.394 e. The minimum Gasteiger partial charge on any atom is -0.394 e. The van der Waals surface area contributed by atoms with Gasteiger partial charge in [-0.05, 0) is 6.07 Å². The monoisotopic (exact) mass is 268 g/mol. The first-order valence-corrected chi connectivity index (χ1v) is 5.68. The molecule has 0 aromatic carbocycles. The number of pyridine rings is 1. The summed E-state index contributed by atoms with van der Waals surface area (Å²) in [5.74, 6) is 0. The Kier molecular flexibility index (Phi) is 2.82. The first kappa shape index (κ1) is 12.2. The minimum atomic E-state index is -1.34. The van der Waals surface area contributed by atoms with E-state index in [-0.39, 0.29) is 5.65 Å². The third kappa shape index (κ3) is 1.75. The molecular weight excluding hydrogens is 256 g/mol. The van der Waals surface area contributed by atoms with Crippen molar-refractivity contribution >= 4 is 11.2 Å². The van der Waals surface area contributed by atoms with Crippen LogP contribution in [0.25, 0.3) is 11.2 Å². The highest BCUT2D eigenvalue weighted by Gasteiger charge is 2.44. The van der Waals surface area contributed by atoms with E-state index in [1.807, 2.05) is 0 Å². The molecule has 0 aliphatic carbocycles. The van der Waals surface area contributed by atoms with Gasteiger partial charge in [0.2, 0.25) is 0 Å².